The van der Waals surface area contributed by atoms with Crippen molar-refractivity contribution in [3.05, 3.63) is 53.5 Å². The maximum Gasteiger partial charge on any atom is 0.418 e. The normalized spacial score (nSPS) is 15.3. The van der Waals surface area contributed by atoms with Gasteiger partial charge in [0.2, 0.25) is 0 Å². The van der Waals surface area contributed by atoms with E-state index in [4.69, 9.17) is 21.4 Å². The largest absolute Gasteiger partial charge is 0.464 e. The van der Waals surface area contributed by atoms with Crippen LogP contribution in [0.3, 0.4) is 0 Å². The zero-order chi connectivity index (χ0) is 20.9. The third kappa shape index (κ3) is 6.19. The van der Waals surface area contributed by atoms with E-state index in [0.29, 0.717) is 32.1 Å². The number of nitrogens with zero attached hydrogens (tertiary/aromatic N) is 2. The molecule has 5 nitrogen and oxygen atoms in total. The number of ether oxygens (including phenoxy) is 1. The zero-order valence-electron chi connectivity index (χ0n) is 16.2. The molecule has 0 amide bonds. The van der Waals surface area contributed by atoms with Gasteiger partial charge in [-0.15, -0.1) is 0 Å². The first-order chi connectivity index (χ1) is 13.8. The van der Waals surface area contributed by atoms with Crippen molar-refractivity contribution in [2.75, 3.05) is 44.7 Å². The summed E-state index contributed by atoms with van der Waals surface area (Å²) >= 11 is 5.48. The summed E-state index contributed by atoms with van der Waals surface area (Å²) in [6.07, 6.45) is -4.46. The summed E-state index contributed by atoms with van der Waals surface area (Å²) in [6.45, 7) is 6.51. The Hall–Kier alpha value is -2.10. The number of thiocarbonyl (C=S) groups is 1. The predicted molar refractivity (Wildman–Crippen MR) is 109 cm³/mol. The van der Waals surface area contributed by atoms with E-state index >= 15 is 0 Å². The van der Waals surface area contributed by atoms with Gasteiger partial charge in [-0.25, -0.2) is 0 Å². The van der Waals surface area contributed by atoms with Crippen molar-refractivity contribution in [3.63, 3.8) is 0 Å². The fourth-order valence-corrected chi connectivity index (χ4v) is 3.40. The van der Waals surface area contributed by atoms with Crippen LogP contribution in [-0.4, -0.2) is 54.3 Å². The molecule has 158 valence electrons. The van der Waals surface area contributed by atoms with E-state index in [1.54, 1.807) is 6.07 Å². The Morgan fingerprint density at radius 2 is 1.90 bits per heavy atom. The smallest absolute Gasteiger partial charge is 0.418 e. The number of nitrogens with one attached hydrogen (secondary N) is 1. The number of anilines is 1. The highest BCUT2D eigenvalue weighted by atomic mass is 32.1. The average molecular weight is 427 g/mol. The van der Waals surface area contributed by atoms with Crippen molar-refractivity contribution in [2.45, 2.75) is 19.6 Å². The van der Waals surface area contributed by atoms with Gasteiger partial charge >= 0.3 is 6.18 Å². The standard InChI is InChI=1S/C20H24F3N3O2S/c1-15-6-7-16(28-15)14-26(9-8-25-10-12-27-13-11-25)19(29)24-18-5-3-2-4-17(18)20(21,22)23/h2-7H,8-14H2,1H3,(H,24,29). The number of para-hydroxylation sites is 1. The van der Waals surface area contributed by atoms with Crippen molar-refractivity contribution >= 4 is 23.0 Å². The van der Waals surface area contributed by atoms with E-state index in [1.807, 2.05) is 24.0 Å². The van der Waals surface area contributed by atoms with Gasteiger partial charge in [-0.3, -0.25) is 4.90 Å². The lowest BCUT2D eigenvalue weighted by atomic mass is 10.1. The summed E-state index contributed by atoms with van der Waals surface area (Å²) in [6, 6.07) is 9.03. The van der Waals surface area contributed by atoms with Gasteiger partial charge in [0, 0.05) is 26.2 Å². The van der Waals surface area contributed by atoms with Gasteiger partial charge in [0.1, 0.15) is 11.5 Å². The van der Waals surface area contributed by atoms with E-state index in [2.05, 4.69) is 10.2 Å². The molecule has 1 aromatic carbocycles. The zero-order valence-corrected chi connectivity index (χ0v) is 17.0. The third-order valence-corrected chi connectivity index (χ3v) is 5.05. The molecule has 0 aliphatic carbocycles. The molecule has 0 bridgehead atoms. The van der Waals surface area contributed by atoms with Crippen molar-refractivity contribution in [1.29, 1.82) is 0 Å². The third-order valence-electron chi connectivity index (χ3n) is 4.69. The maximum absolute atomic E-state index is 13.3. The molecule has 0 atom stereocenters. The lowest BCUT2D eigenvalue weighted by Crippen LogP contribution is -2.44. The highest BCUT2D eigenvalue weighted by Gasteiger charge is 2.33. The Bertz CT molecular complexity index is 819. The molecule has 0 saturated carbocycles. The minimum absolute atomic E-state index is 0.0583. The Morgan fingerprint density at radius 1 is 1.17 bits per heavy atom. The first-order valence-corrected chi connectivity index (χ1v) is 9.81. The Kier molecular flexibility index (Phi) is 7.15. The summed E-state index contributed by atoms with van der Waals surface area (Å²) in [5, 5.41) is 3.01. The van der Waals surface area contributed by atoms with Crippen LogP contribution in [0.5, 0.6) is 0 Å². The van der Waals surface area contributed by atoms with Gasteiger partial charge < -0.3 is 19.4 Å². The SMILES string of the molecule is Cc1ccc(CN(CCN2CCOCC2)C(=S)Nc2ccccc2C(F)(F)F)o1. The number of halogens is 3. The van der Waals surface area contributed by atoms with Gasteiger partial charge in [0.05, 0.1) is 31.0 Å². The molecule has 0 spiro atoms. The molecule has 1 aliphatic rings. The molecule has 1 fully saturated rings. The highest BCUT2D eigenvalue weighted by molar-refractivity contribution is 7.80. The number of morpholine rings is 1. The number of furan rings is 1. The number of hydrogen-bond donors (Lipinski definition) is 1. The highest BCUT2D eigenvalue weighted by Crippen LogP contribution is 2.34. The summed E-state index contributed by atoms with van der Waals surface area (Å²) < 4.78 is 50.9. The van der Waals surface area contributed by atoms with Crippen LogP contribution in [0.15, 0.2) is 40.8 Å². The number of benzene rings is 1. The Balaban J connectivity index is 1.73. The molecule has 29 heavy (non-hydrogen) atoms. The van der Waals surface area contributed by atoms with Gasteiger partial charge in [-0.2, -0.15) is 13.2 Å². The van der Waals surface area contributed by atoms with Crippen LogP contribution < -0.4 is 5.32 Å². The number of rotatable bonds is 6. The minimum atomic E-state index is -4.46. The quantitative estimate of drug-likeness (QED) is 0.699. The molecular weight excluding hydrogens is 403 g/mol. The molecular formula is C20H24F3N3O2S. The van der Waals surface area contributed by atoms with E-state index in [-0.39, 0.29) is 10.8 Å². The summed E-state index contributed by atoms with van der Waals surface area (Å²) in [5.41, 5.74) is -0.804. The second-order valence-corrected chi connectivity index (χ2v) is 7.25. The number of hydrogen-bond acceptors (Lipinski definition) is 4. The first-order valence-electron chi connectivity index (χ1n) is 9.40. The van der Waals surface area contributed by atoms with Crippen molar-refractivity contribution in [3.8, 4) is 0 Å². The van der Waals surface area contributed by atoms with E-state index in [1.165, 1.54) is 12.1 Å². The minimum Gasteiger partial charge on any atom is -0.464 e. The number of alkyl halides is 3. The first kappa shape index (κ1) is 21.6. The average Bonchev–Trinajstić information content (AvgIpc) is 3.10. The molecule has 1 N–H and O–H groups in total. The van der Waals surface area contributed by atoms with Gasteiger partial charge in [-0.1, -0.05) is 12.1 Å². The second-order valence-electron chi connectivity index (χ2n) is 6.86. The molecule has 2 aromatic rings. The molecule has 9 heteroatoms. The fraction of sp³-hybridized carbons (Fsp3) is 0.450. The number of aryl methyl sites for hydroxylation is 1. The molecule has 1 aliphatic heterocycles. The van der Waals surface area contributed by atoms with Gasteiger partial charge in [0.15, 0.2) is 5.11 Å². The van der Waals surface area contributed by atoms with Crippen LogP contribution in [0.2, 0.25) is 0 Å². The molecule has 0 unspecified atom stereocenters. The lowest BCUT2D eigenvalue weighted by molar-refractivity contribution is -0.136. The van der Waals surface area contributed by atoms with E-state index in [0.717, 1.165) is 31.5 Å². The van der Waals surface area contributed by atoms with Crippen LogP contribution in [0, 0.1) is 6.92 Å². The lowest BCUT2D eigenvalue weighted by Gasteiger charge is -2.31. The Labute approximate surface area is 173 Å². The van der Waals surface area contributed by atoms with Crippen molar-refractivity contribution in [2.24, 2.45) is 0 Å². The van der Waals surface area contributed by atoms with Crippen molar-refractivity contribution < 1.29 is 22.3 Å². The summed E-state index contributed by atoms with van der Waals surface area (Å²) in [7, 11) is 0. The molecule has 2 heterocycles. The molecule has 0 radical (unpaired) electrons. The monoisotopic (exact) mass is 427 g/mol. The molecule has 3 rings (SSSR count). The maximum atomic E-state index is 13.3. The van der Waals surface area contributed by atoms with Gasteiger partial charge in [-0.05, 0) is 43.4 Å². The van der Waals surface area contributed by atoms with E-state index < -0.39 is 11.7 Å². The molecule has 1 aromatic heterocycles. The van der Waals surface area contributed by atoms with Crippen LogP contribution in [0.25, 0.3) is 0 Å². The van der Waals surface area contributed by atoms with Crippen molar-refractivity contribution in [1.82, 2.24) is 9.80 Å². The van der Waals surface area contributed by atoms with Gasteiger partial charge in [0.25, 0.3) is 0 Å². The second kappa shape index (κ2) is 9.60. The van der Waals surface area contributed by atoms with Crippen LogP contribution >= 0.6 is 12.2 Å². The topological polar surface area (TPSA) is 40.9 Å². The summed E-state index contributed by atoms with van der Waals surface area (Å²) in [4.78, 5) is 4.08. The van der Waals surface area contributed by atoms with Crippen LogP contribution in [-0.2, 0) is 17.5 Å². The fourth-order valence-electron chi connectivity index (χ4n) is 3.13. The van der Waals surface area contributed by atoms with E-state index in [9.17, 15) is 13.2 Å². The Morgan fingerprint density at radius 3 is 2.55 bits per heavy atom. The van der Waals surface area contributed by atoms with Crippen LogP contribution in [0.1, 0.15) is 17.1 Å². The summed E-state index contributed by atoms with van der Waals surface area (Å²) in [5.74, 6) is 1.48. The van der Waals surface area contributed by atoms with Crippen LogP contribution in [0.4, 0.5) is 18.9 Å². The molecule has 1 saturated heterocycles. The predicted octanol–water partition coefficient (Wildman–Crippen LogP) is 4.14.